The maximum Gasteiger partial charge on any atom is 0.350 e. The smallest absolute Gasteiger partial charge is 0.350 e. The molecule has 1 fully saturated rings. The van der Waals surface area contributed by atoms with Crippen molar-refractivity contribution < 1.29 is 29.0 Å². The summed E-state index contributed by atoms with van der Waals surface area (Å²) in [4.78, 5) is 46.7. The van der Waals surface area contributed by atoms with E-state index in [1.807, 2.05) is 32.1 Å². The first-order chi connectivity index (χ1) is 23.1. The molecule has 2 aliphatic heterocycles. The Morgan fingerprint density at radius 3 is 2.56 bits per heavy atom. The Hall–Kier alpha value is -4.00. The van der Waals surface area contributed by atoms with Crippen LogP contribution in [0.5, 0.6) is 0 Å². The van der Waals surface area contributed by atoms with E-state index in [-0.39, 0.29) is 42.1 Å². The van der Waals surface area contributed by atoms with Gasteiger partial charge in [-0.15, -0.1) is 0 Å². The molecule has 0 aromatic heterocycles. The molecule has 0 amide bonds. The summed E-state index contributed by atoms with van der Waals surface area (Å²) in [6.07, 6.45) is 9.15. The number of nitrogens with one attached hydrogen (secondary N) is 3. The number of carbonyl (C=O) groups excluding carboxylic acids is 3. The Kier molecular flexibility index (Phi) is 12.6. The van der Waals surface area contributed by atoms with Gasteiger partial charge in [-0.25, -0.2) is 4.79 Å². The predicted molar refractivity (Wildman–Crippen MR) is 185 cm³/mol. The average molecular weight is 665 g/mol. The van der Waals surface area contributed by atoms with Crippen molar-refractivity contribution in [1.29, 1.82) is 0 Å². The fraction of sp³-hybridized carbons (Fsp3) is 0.556. The molecule has 5 unspecified atom stereocenters. The molecule has 5 atom stereocenters. The zero-order valence-electron chi connectivity index (χ0n) is 28.6. The first-order valence-electron chi connectivity index (χ1n) is 17.0. The minimum absolute atomic E-state index is 0.00650. The van der Waals surface area contributed by atoms with Gasteiger partial charge < -0.3 is 42.0 Å². The number of carbonyl (C=O) groups is 3. The molecule has 0 saturated carbocycles. The van der Waals surface area contributed by atoms with Gasteiger partial charge >= 0.3 is 5.97 Å². The monoisotopic (exact) mass is 664 g/mol. The molecule has 0 spiro atoms. The molecule has 1 saturated heterocycles. The molecule has 48 heavy (non-hydrogen) atoms. The van der Waals surface area contributed by atoms with E-state index in [0.29, 0.717) is 38.2 Å². The summed E-state index contributed by atoms with van der Waals surface area (Å²) in [5.74, 6) is -1.09. The van der Waals surface area contributed by atoms with Crippen molar-refractivity contribution in [3.8, 4) is 0 Å². The Labute approximate surface area is 283 Å². The van der Waals surface area contributed by atoms with Gasteiger partial charge in [0.15, 0.2) is 17.3 Å². The second-order valence-corrected chi connectivity index (χ2v) is 12.8. The Balaban J connectivity index is 1.66. The molecular weight excluding hydrogens is 612 g/mol. The maximum atomic E-state index is 14.3. The Morgan fingerprint density at radius 1 is 1.19 bits per heavy atom. The molecule has 4 rings (SSSR count). The zero-order valence-corrected chi connectivity index (χ0v) is 28.6. The van der Waals surface area contributed by atoms with Crippen molar-refractivity contribution >= 4 is 23.5 Å². The lowest BCUT2D eigenvalue weighted by molar-refractivity contribution is -0.157. The van der Waals surface area contributed by atoms with E-state index >= 15 is 0 Å². The van der Waals surface area contributed by atoms with Gasteiger partial charge in [0.1, 0.15) is 6.10 Å². The molecule has 12 nitrogen and oxygen atoms in total. The number of epoxide rings is 1. The van der Waals surface area contributed by atoms with E-state index in [0.717, 1.165) is 37.0 Å². The highest BCUT2D eigenvalue weighted by molar-refractivity contribution is 6.32. The van der Waals surface area contributed by atoms with Crippen LogP contribution in [0.3, 0.4) is 0 Å². The standard InChI is InChI=1S/C36H52N6O6/c1-5-7-11-25(22-40-6-2)29(14-10-19-43)47-33(46)36-32(45)27-13-9-8-12-26(27)31(44)35(36,48-36)17-15-23(3)20-28(42-34(38)39-4)24-16-18-41-30(37)21-24/h8-9,12-13,15-16,21,25,28-29,40-41,43H,5-7,10-11,14,17-20,22,37H2,1-4H3,(H3,38,39,42). The highest BCUT2D eigenvalue weighted by Crippen LogP contribution is 2.58. The van der Waals surface area contributed by atoms with E-state index in [2.05, 4.69) is 27.9 Å². The van der Waals surface area contributed by atoms with Crippen LogP contribution in [0.1, 0.15) is 86.4 Å². The number of hydrogen-bond acceptors (Lipinski definition) is 10. The van der Waals surface area contributed by atoms with Gasteiger partial charge in [-0.3, -0.25) is 14.6 Å². The molecule has 1 aromatic rings. The number of benzene rings is 1. The summed E-state index contributed by atoms with van der Waals surface area (Å²) >= 11 is 0. The molecule has 1 aliphatic carbocycles. The van der Waals surface area contributed by atoms with Crippen LogP contribution in [0, 0.1) is 5.92 Å². The number of guanidine groups is 1. The lowest BCUT2D eigenvalue weighted by Crippen LogP contribution is -2.51. The lowest BCUT2D eigenvalue weighted by atomic mass is 9.72. The second kappa shape index (κ2) is 16.4. The molecule has 8 N–H and O–H groups in total. The first-order valence-corrected chi connectivity index (χ1v) is 17.0. The molecule has 262 valence electrons. The number of fused-ring (bicyclic) bond motifs is 2. The van der Waals surface area contributed by atoms with Crippen LogP contribution >= 0.6 is 0 Å². The number of nitrogens with zero attached hydrogens (tertiary/aromatic N) is 1. The molecule has 12 heteroatoms. The highest BCUT2D eigenvalue weighted by atomic mass is 16.7. The highest BCUT2D eigenvalue weighted by Gasteiger charge is 2.85. The number of ketones is 2. The van der Waals surface area contributed by atoms with Crippen molar-refractivity contribution in [2.75, 3.05) is 33.3 Å². The largest absolute Gasteiger partial charge is 0.459 e. The molecule has 0 bridgehead atoms. The summed E-state index contributed by atoms with van der Waals surface area (Å²) in [5.41, 5.74) is 10.4. The Morgan fingerprint density at radius 2 is 1.92 bits per heavy atom. The Bertz CT molecular complexity index is 1460. The van der Waals surface area contributed by atoms with E-state index < -0.39 is 34.8 Å². The van der Waals surface area contributed by atoms with Crippen LogP contribution in [-0.4, -0.2) is 85.2 Å². The molecular formula is C36H52N6O6. The summed E-state index contributed by atoms with van der Waals surface area (Å²) < 4.78 is 12.3. The summed E-state index contributed by atoms with van der Waals surface area (Å²) in [6, 6.07) is 6.24. The number of esters is 1. The van der Waals surface area contributed by atoms with Crippen molar-refractivity contribution in [1.82, 2.24) is 16.0 Å². The van der Waals surface area contributed by atoms with Gasteiger partial charge in [0, 0.05) is 50.2 Å². The summed E-state index contributed by atoms with van der Waals surface area (Å²) in [6.45, 7) is 7.89. The van der Waals surface area contributed by atoms with Gasteiger partial charge in [0.05, 0.1) is 11.9 Å². The van der Waals surface area contributed by atoms with Crippen LogP contribution in [-0.2, 0) is 14.3 Å². The van der Waals surface area contributed by atoms with Gasteiger partial charge in [0.25, 0.3) is 5.60 Å². The minimum Gasteiger partial charge on any atom is -0.459 e. The number of Topliss-reactive ketones (excluding diaryl/α,β-unsaturated/α-hetero) is 2. The number of unbranched alkanes of at least 4 members (excludes halogenated alkanes) is 1. The van der Waals surface area contributed by atoms with E-state index in [1.54, 1.807) is 31.3 Å². The van der Waals surface area contributed by atoms with Crippen molar-refractivity contribution in [2.45, 2.75) is 89.1 Å². The maximum absolute atomic E-state index is 14.3. The number of aliphatic imine (C=N–C) groups is 1. The summed E-state index contributed by atoms with van der Waals surface area (Å²) in [7, 11) is 1.59. The van der Waals surface area contributed by atoms with E-state index in [9.17, 15) is 19.5 Å². The quantitative estimate of drug-likeness (QED) is 0.0337. The summed E-state index contributed by atoms with van der Waals surface area (Å²) in [5, 5.41) is 19.3. The average Bonchev–Trinajstić information content (AvgIpc) is 3.80. The number of aliphatic hydroxyl groups excluding tert-OH is 1. The number of hydrogen-bond donors (Lipinski definition) is 6. The van der Waals surface area contributed by atoms with Gasteiger partial charge in [-0.05, 0) is 50.8 Å². The van der Waals surface area contributed by atoms with Crippen LogP contribution in [0.2, 0.25) is 0 Å². The molecule has 2 heterocycles. The van der Waals surface area contributed by atoms with Gasteiger partial charge in [-0.2, -0.15) is 0 Å². The number of aliphatic hydroxyl groups is 1. The number of dihydropyridines is 1. The minimum atomic E-state index is -2.09. The zero-order chi connectivity index (χ0) is 34.9. The van der Waals surface area contributed by atoms with Crippen molar-refractivity contribution in [3.63, 3.8) is 0 Å². The third kappa shape index (κ3) is 7.66. The van der Waals surface area contributed by atoms with E-state index in [4.69, 9.17) is 20.9 Å². The number of ether oxygens (including phenoxy) is 2. The van der Waals surface area contributed by atoms with Crippen LogP contribution in [0.4, 0.5) is 0 Å². The van der Waals surface area contributed by atoms with Crippen LogP contribution in [0.25, 0.3) is 0 Å². The lowest BCUT2D eigenvalue weighted by Gasteiger charge is -2.30. The number of nitrogens with two attached hydrogens (primary N) is 2. The third-order valence-electron chi connectivity index (χ3n) is 9.46. The fourth-order valence-corrected chi connectivity index (χ4v) is 6.69. The van der Waals surface area contributed by atoms with Crippen LogP contribution in [0.15, 0.2) is 64.5 Å². The third-order valence-corrected chi connectivity index (χ3v) is 9.46. The molecule has 1 aromatic carbocycles. The number of rotatable bonds is 18. The SMILES string of the molecule is CCCCC(CNCC)C(CCCO)OC(=O)C12OC1(CC=C(C)CC(NC(N)=NC)C1=CCNC(N)=C1)C(=O)c1ccccc1C2=O. The van der Waals surface area contributed by atoms with Crippen molar-refractivity contribution in [3.05, 3.63) is 70.6 Å². The predicted octanol–water partition coefficient (Wildman–Crippen LogP) is 2.63. The fourth-order valence-electron chi connectivity index (χ4n) is 6.69. The molecule has 3 aliphatic rings. The normalized spacial score (nSPS) is 23.9. The van der Waals surface area contributed by atoms with E-state index in [1.165, 1.54) is 0 Å². The topological polar surface area (TPSA) is 194 Å². The van der Waals surface area contributed by atoms with Crippen LogP contribution < -0.4 is 27.4 Å². The first kappa shape index (κ1) is 36.8. The molecule has 0 radical (unpaired) electrons. The van der Waals surface area contributed by atoms with Gasteiger partial charge in [0.2, 0.25) is 5.78 Å². The second-order valence-electron chi connectivity index (χ2n) is 12.8. The van der Waals surface area contributed by atoms with Gasteiger partial charge in [-0.1, -0.05) is 68.7 Å². The van der Waals surface area contributed by atoms with Crippen molar-refractivity contribution in [2.24, 2.45) is 22.4 Å².